The van der Waals surface area contributed by atoms with Crippen molar-refractivity contribution in [1.29, 1.82) is 0 Å². The molecule has 0 radical (unpaired) electrons. The fourth-order valence-electron chi connectivity index (χ4n) is 4.01. The number of aliphatic hydroxyl groups excluding tert-OH is 2. The molecule has 0 heterocycles. The highest BCUT2D eigenvalue weighted by atomic mass is 35.5. The van der Waals surface area contributed by atoms with Gasteiger partial charge >= 0.3 is 6.09 Å². The number of alkyl carbamates (subject to hydrolysis) is 1. The van der Waals surface area contributed by atoms with Crippen LogP contribution in [0, 0.1) is 29.3 Å². The number of hydrogen-bond acceptors (Lipinski definition) is 8. The van der Waals surface area contributed by atoms with E-state index < -0.39 is 41.5 Å². The van der Waals surface area contributed by atoms with Crippen LogP contribution < -0.4 is 16.0 Å². The summed E-state index contributed by atoms with van der Waals surface area (Å²) < 4.78 is 52.1. The van der Waals surface area contributed by atoms with Crippen LogP contribution in [0.4, 0.5) is 23.7 Å². The Morgan fingerprint density at radius 2 is 1.77 bits per heavy atom. The molecule has 2 aromatic rings. The topological polar surface area (TPSA) is 157 Å². The molecule has 1 fully saturated rings. The van der Waals surface area contributed by atoms with Gasteiger partial charge in [-0.3, -0.25) is 9.59 Å². The Labute approximate surface area is 257 Å². The van der Waals surface area contributed by atoms with Crippen molar-refractivity contribution in [2.75, 3.05) is 26.0 Å². The van der Waals surface area contributed by atoms with Gasteiger partial charge in [-0.2, -0.15) is 0 Å². The lowest BCUT2D eigenvalue weighted by atomic mass is 9.78. The maximum Gasteiger partial charge on any atom is 0.406 e. The number of carbonyl (C=O) groups is 3. The van der Waals surface area contributed by atoms with E-state index in [0.29, 0.717) is 36.0 Å². The summed E-state index contributed by atoms with van der Waals surface area (Å²) in [6.45, 7) is 4.17. The van der Waals surface area contributed by atoms with Crippen molar-refractivity contribution in [3.05, 3.63) is 58.4 Å². The average Bonchev–Trinajstić information content (AvgIpc) is 3.00. The third-order valence-corrected chi connectivity index (χ3v) is 7.51. The molecule has 3 rings (SSSR count). The number of carbonyl (C=O) groups excluding carboxylic acids is 3. The number of ether oxygens (including phenoxy) is 1. The zero-order valence-corrected chi connectivity index (χ0v) is 25.7. The molecule has 0 bridgehead atoms. The summed E-state index contributed by atoms with van der Waals surface area (Å²) in [6.07, 6.45) is 2.98. The second-order valence-electron chi connectivity index (χ2n) is 9.51. The minimum absolute atomic E-state index is 0.0150. The minimum atomic E-state index is -1.61. The third kappa shape index (κ3) is 12.6. The molecule has 1 saturated carbocycles. The summed E-state index contributed by atoms with van der Waals surface area (Å²) in [7, 11) is 2.59. The number of halogens is 4. The zero-order chi connectivity index (χ0) is 32.7. The van der Waals surface area contributed by atoms with Crippen LogP contribution in [-0.4, -0.2) is 65.6 Å². The monoisotopic (exact) mass is 651 g/mol. The van der Waals surface area contributed by atoms with E-state index in [2.05, 4.69) is 34.5 Å². The van der Waals surface area contributed by atoms with Gasteiger partial charge in [-0.25, -0.2) is 18.0 Å². The van der Waals surface area contributed by atoms with Crippen molar-refractivity contribution in [2.45, 2.75) is 56.6 Å². The molecule has 4 unspecified atom stereocenters. The number of nitrogens with one attached hydrogen (secondary N) is 3. The molecule has 4 atom stereocenters. The molecule has 0 aromatic heterocycles. The number of anilines is 1. The molecular formula is C28H37ClF3N3O7S. The predicted octanol–water partition coefficient (Wildman–Crippen LogP) is 5.22. The number of hydrogen-bond donors (Lipinski definition) is 6. The van der Waals surface area contributed by atoms with Crippen LogP contribution in [0.25, 0.3) is 0 Å². The molecule has 0 saturated heterocycles. The van der Waals surface area contributed by atoms with Crippen molar-refractivity contribution < 1.29 is 47.1 Å². The highest BCUT2D eigenvalue weighted by Crippen LogP contribution is 2.31. The van der Waals surface area contributed by atoms with Crippen molar-refractivity contribution in [1.82, 2.24) is 10.6 Å². The fourth-order valence-corrected chi connectivity index (χ4v) is 4.57. The van der Waals surface area contributed by atoms with Gasteiger partial charge < -0.3 is 35.5 Å². The molecule has 15 heteroatoms. The van der Waals surface area contributed by atoms with Gasteiger partial charge in [-0.15, -0.1) is 0 Å². The maximum absolute atomic E-state index is 13.0. The first-order valence-corrected chi connectivity index (χ1v) is 14.4. The molecule has 6 N–H and O–H groups in total. The van der Waals surface area contributed by atoms with E-state index in [1.165, 1.54) is 51.6 Å². The Hall–Kier alpha value is -3.04. The van der Waals surface area contributed by atoms with Gasteiger partial charge in [0.1, 0.15) is 6.10 Å². The van der Waals surface area contributed by atoms with Crippen LogP contribution in [0.2, 0.25) is 5.02 Å². The maximum atomic E-state index is 13.0. The van der Waals surface area contributed by atoms with E-state index in [9.17, 15) is 32.7 Å². The van der Waals surface area contributed by atoms with Crippen LogP contribution in [0.3, 0.4) is 0 Å². The summed E-state index contributed by atoms with van der Waals surface area (Å²) in [5, 5.41) is 25.5. The minimum Gasteiger partial charge on any atom is -0.453 e. The molecule has 0 spiro atoms. The molecular weight excluding hydrogens is 615 g/mol. The van der Waals surface area contributed by atoms with Gasteiger partial charge in [0.05, 0.1) is 29.7 Å². The van der Waals surface area contributed by atoms with E-state index >= 15 is 0 Å². The van der Waals surface area contributed by atoms with Gasteiger partial charge in [0.15, 0.2) is 17.5 Å². The van der Waals surface area contributed by atoms with Crippen LogP contribution in [-0.2, 0) is 9.53 Å². The molecule has 0 aliphatic heterocycles. The number of aliphatic hydroxyl groups is 2. The first kappa shape index (κ1) is 38.0. The van der Waals surface area contributed by atoms with E-state index in [1.807, 2.05) is 0 Å². The number of methoxy groups -OCH3 is 1. The molecule has 43 heavy (non-hydrogen) atoms. The summed E-state index contributed by atoms with van der Waals surface area (Å²) >= 11 is 6.13. The second-order valence-corrected chi connectivity index (χ2v) is 10.5. The smallest absolute Gasteiger partial charge is 0.406 e. The van der Waals surface area contributed by atoms with Crippen LogP contribution in [0.5, 0.6) is 0 Å². The predicted molar refractivity (Wildman–Crippen MR) is 157 cm³/mol. The van der Waals surface area contributed by atoms with E-state index in [1.54, 1.807) is 0 Å². The van der Waals surface area contributed by atoms with E-state index in [-0.39, 0.29) is 33.8 Å². The molecule has 240 valence electrons. The highest BCUT2D eigenvalue weighted by molar-refractivity contribution is 7.93. The van der Waals surface area contributed by atoms with Gasteiger partial charge in [0.25, 0.3) is 5.91 Å². The molecule has 2 aromatic carbocycles. The Morgan fingerprint density at radius 3 is 2.28 bits per heavy atom. The highest BCUT2D eigenvalue weighted by Gasteiger charge is 2.27. The Kier molecular flexibility index (Phi) is 17.0. The van der Waals surface area contributed by atoms with Gasteiger partial charge in [0.2, 0.25) is 5.91 Å². The van der Waals surface area contributed by atoms with Gasteiger partial charge in [-0.1, -0.05) is 38.3 Å². The fraction of sp³-hybridized carbons (Fsp3) is 0.464. The van der Waals surface area contributed by atoms with Crippen LogP contribution in [0.1, 0.15) is 49.9 Å². The Bertz CT molecular complexity index is 1210. The first-order valence-electron chi connectivity index (χ1n) is 13.3. The van der Waals surface area contributed by atoms with Gasteiger partial charge in [0, 0.05) is 42.5 Å². The summed E-state index contributed by atoms with van der Waals surface area (Å²) in [6, 6.07) is 5.38. The lowest BCUT2D eigenvalue weighted by molar-refractivity contribution is -0.128. The largest absolute Gasteiger partial charge is 0.453 e. The van der Waals surface area contributed by atoms with Crippen LogP contribution >= 0.6 is 23.6 Å². The summed E-state index contributed by atoms with van der Waals surface area (Å²) in [5.41, 5.74) is -0.120. The van der Waals surface area contributed by atoms with Crippen molar-refractivity contribution in [2.24, 2.45) is 11.8 Å². The number of rotatable bonds is 7. The first-order chi connectivity index (χ1) is 20.3. The quantitative estimate of drug-likeness (QED) is 0.176. The van der Waals surface area contributed by atoms with Gasteiger partial charge in [-0.05, 0) is 42.9 Å². The number of likely N-dealkylation sites (N-methyl/N-ethyl adjacent to an activating group) is 1. The second kappa shape index (κ2) is 19.3. The van der Waals surface area contributed by atoms with Crippen molar-refractivity contribution >= 4 is 47.2 Å². The Balaban J connectivity index is 0.000000356. The normalized spacial score (nSPS) is 18.1. The van der Waals surface area contributed by atoms with Crippen LogP contribution in [0.15, 0.2) is 35.2 Å². The molecule has 1 aliphatic rings. The zero-order valence-electron chi connectivity index (χ0n) is 24.1. The number of amides is 3. The lowest BCUT2D eigenvalue weighted by Gasteiger charge is -2.31. The molecule has 10 nitrogen and oxygen atoms in total. The standard InChI is InChI=1S/C13H7ClF3NO2S.C9H18O.C6H12N2O4/c14-8-2-1-6(3-11(8)21-20)13(19)18-7-4-9(15)12(17)10(16)5-7;1-3-8-6-4-5-7(2)9(8)10;1-7-5(10)4(9)3-8-6(11)12-2/h1-5,20H,(H,18,19);7-10H,3-6H2,1-2H3;4,9H,3H2,1-2H3,(H,7,10)(H,8,11). The SMILES string of the molecule is CCC1CCCC(C)C1O.CNC(=O)C(O)CNC(=O)OC.O=C(Nc1cc(F)c(F)c(F)c1)c1ccc(Cl)c(SO)c1. The summed E-state index contributed by atoms with van der Waals surface area (Å²) in [5.74, 6) is -4.54. The van der Waals surface area contributed by atoms with E-state index in [4.69, 9.17) is 21.3 Å². The summed E-state index contributed by atoms with van der Waals surface area (Å²) in [4.78, 5) is 33.3. The average molecular weight is 652 g/mol. The van der Waals surface area contributed by atoms with Crippen molar-refractivity contribution in [3.8, 4) is 0 Å². The molecule has 1 aliphatic carbocycles. The number of benzene rings is 2. The van der Waals surface area contributed by atoms with E-state index in [0.717, 1.165) is 6.42 Å². The Morgan fingerprint density at radius 1 is 1.14 bits per heavy atom. The third-order valence-electron chi connectivity index (χ3n) is 6.53. The van der Waals surface area contributed by atoms with Crippen molar-refractivity contribution in [3.63, 3.8) is 0 Å². The lowest BCUT2D eigenvalue weighted by Crippen LogP contribution is -2.41. The molecule has 3 amide bonds.